The molecule has 20 heavy (non-hydrogen) atoms. The first-order valence-electron chi connectivity index (χ1n) is 6.33. The lowest BCUT2D eigenvalue weighted by Gasteiger charge is -2.11. The normalized spacial score (nSPS) is 11.2. The van der Waals surface area contributed by atoms with Crippen molar-refractivity contribution in [1.82, 2.24) is 0 Å². The zero-order valence-electron chi connectivity index (χ0n) is 11.6. The lowest BCUT2D eigenvalue weighted by molar-refractivity contribution is 0.413. The minimum Gasteiger partial charge on any atom is -0.496 e. The van der Waals surface area contributed by atoms with Crippen molar-refractivity contribution in [2.45, 2.75) is 0 Å². The lowest BCUT2D eigenvalue weighted by atomic mass is 10.0. The number of allylic oxidation sites excluding steroid dienone is 1. The molecule has 2 aromatic carbocycles. The van der Waals surface area contributed by atoms with E-state index in [2.05, 4.69) is 0 Å². The van der Waals surface area contributed by atoms with E-state index in [9.17, 15) is 0 Å². The molecule has 0 unspecified atom stereocenters. The Labute approximate surface area is 124 Å². The second kappa shape index (κ2) is 7.01. The van der Waals surface area contributed by atoms with Crippen LogP contribution in [0.5, 0.6) is 11.5 Å². The quantitative estimate of drug-likeness (QED) is 0.596. The van der Waals surface area contributed by atoms with Gasteiger partial charge in [0.25, 0.3) is 0 Å². The summed E-state index contributed by atoms with van der Waals surface area (Å²) < 4.78 is 10.8. The molecule has 0 saturated carbocycles. The van der Waals surface area contributed by atoms with E-state index in [1.807, 2.05) is 54.6 Å². The van der Waals surface area contributed by atoms with E-state index < -0.39 is 0 Å². The van der Waals surface area contributed by atoms with Crippen LogP contribution in [-0.4, -0.2) is 20.1 Å². The number of para-hydroxylation sites is 2. The predicted molar refractivity (Wildman–Crippen MR) is 84.6 cm³/mol. The van der Waals surface area contributed by atoms with Crippen LogP contribution in [0.2, 0.25) is 0 Å². The van der Waals surface area contributed by atoms with Crippen molar-refractivity contribution >= 4 is 23.3 Å². The van der Waals surface area contributed by atoms with Crippen molar-refractivity contribution in [3.63, 3.8) is 0 Å². The highest BCUT2D eigenvalue weighted by Gasteiger charge is 2.08. The molecule has 0 saturated heterocycles. The maximum Gasteiger partial charge on any atom is 0.126 e. The molecule has 0 radical (unpaired) electrons. The van der Waals surface area contributed by atoms with Gasteiger partial charge in [0.2, 0.25) is 0 Å². The molecule has 0 aromatic heterocycles. The molecular formula is C17H17ClO2. The van der Waals surface area contributed by atoms with Crippen LogP contribution in [0, 0.1) is 0 Å². The number of hydrogen-bond acceptors (Lipinski definition) is 2. The second-order valence-electron chi connectivity index (χ2n) is 4.25. The molecule has 0 amide bonds. The van der Waals surface area contributed by atoms with Crippen LogP contribution in [0.25, 0.3) is 11.6 Å². The summed E-state index contributed by atoms with van der Waals surface area (Å²) in [5.41, 5.74) is 2.99. The Morgan fingerprint density at radius 3 is 2.20 bits per heavy atom. The highest BCUT2D eigenvalue weighted by Crippen LogP contribution is 2.30. The first-order valence-corrected chi connectivity index (χ1v) is 6.86. The molecular weight excluding hydrogens is 272 g/mol. The van der Waals surface area contributed by atoms with Crippen LogP contribution in [0.4, 0.5) is 0 Å². The van der Waals surface area contributed by atoms with Gasteiger partial charge in [0.1, 0.15) is 11.5 Å². The third kappa shape index (κ3) is 3.14. The highest BCUT2D eigenvalue weighted by atomic mass is 35.5. The Hall–Kier alpha value is -1.93. The maximum absolute atomic E-state index is 6.11. The van der Waals surface area contributed by atoms with Gasteiger partial charge in [-0.1, -0.05) is 36.4 Å². The average Bonchev–Trinajstić information content (AvgIpc) is 2.53. The fourth-order valence-corrected chi connectivity index (χ4v) is 2.29. The highest BCUT2D eigenvalue weighted by molar-refractivity contribution is 6.24. The molecule has 0 fully saturated rings. The molecule has 0 spiro atoms. The topological polar surface area (TPSA) is 18.5 Å². The van der Waals surface area contributed by atoms with Crippen molar-refractivity contribution < 1.29 is 9.47 Å². The summed E-state index contributed by atoms with van der Waals surface area (Å²) in [5, 5.41) is 0. The molecule has 104 valence electrons. The van der Waals surface area contributed by atoms with E-state index in [-0.39, 0.29) is 0 Å². The monoisotopic (exact) mass is 288 g/mol. The number of benzene rings is 2. The van der Waals surface area contributed by atoms with Gasteiger partial charge in [-0.25, -0.2) is 0 Å². The van der Waals surface area contributed by atoms with Gasteiger partial charge >= 0.3 is 0 Å². The van der Waals surface area contributed by atoms with E-state index in [1.54, 1.807) is 14.2 Å². The Morgan fingerprint density at radius 2 is 1.55 bits per heavy atom. The average molecular weight is 289 g/mol. The lowest BCUT2D eigenvalue weighted by Crippen LogP contribution is -1.93. The zero-order valence-corrected chi connectivity index (χ0v) is 12.4. The Morgan fingerprint density at radius 1 is 0.950 bits per heavy atom. The van der Waals surface area contributed by atoms with Crippen molar-refractivity contribution in [2.24, 2.45) is 0 Å². The Balaban J connectivity index is 2.49. The number of methoxy groups -OCH3 is 2. The second-order valence-corrected chi connectivity index (χ2v) is 4.51. The van der Waals surface area contributed by atoms with Crippen LogP contribution >= 0.6 is 11.6 Å². The summed E-state index contributed by atoms with van der Waals surface area (Å²) in [6, 6.07) is 15.7. The summed E-state index contributed by atoms with van der Waals surface area (Å²) in [4.78, 5) is 0. The number of ether oxygens (including phenoxy) is 2. The summed E-state index contributed by atoms with van der Waals surface area (Å²) in [6.07, 6.45) is 2.03. The Kier molecular flexibility index (Phi) is 5.08. The molecule has 2 rings (SSSR count). The zero-order chi connectivity index (χ0) is 14.4. The molecule has 0 N–H and O–H groups in total. The number of halogens is 1. The maximum atomic E-state index is 6.11. The fourth-order valence-electron chi connectivity index (χ4n) is 2.07. The number of rotatable bonds is 5. The SMILES string of the molecule is COc1ccccc1C=C(CCl)c1ccccc1OC. The summed E-state index contributed by atoms with van der Waals surface area (Å²) in [5.74, 6) is 2.04. The van der Waals surface area contributed by atoms with E-state index in [1.165, 1.54) is 0 Å². The van der Waals surface area contributed by atoms with Crippen LogP contribution in [0.15, 0.2) is 48.5 Å². The summed E-state index contributed by atoms with van der Waals surface area (Å²) in [6.45, 7) is 0. The molecule has 0 aliphatic heterocycles. The molecule has 0 heterocycles. The van der Waals surface area contributed by atoms with Crippen molar-refractivity contribution in [3.8, 4) is 11.5 Å². The van der Waals surface area contributed by atoms with Crippen LogP contribution in [0.1, 0.15) is 11.1 Å². The summed E-state index contributed by atoms with van der Waals surface area (Å²) in [7, 11) is 3.32. The van der Waals surface area contributed by atoms with Crippen molar-refractivity contribution in [3.05, 3.63) is 59.7 Å². The van der Waals surface area contributed by atoms with Gasteiger partial charge < -0.3 is 9.47 Å². The van der Waals surface area contributed by atoms with Gasteiger partial charge in [0, 0.05) is 17.0 Å². The van der Waals surface area contributed by atoms with Crippen LogP contribution in [-0.2, 0) is 0 Å². The third-order valence-corrected chi connectivity index (χ3v) is 3.35. The Bertz CT molecular complexity index is 605. The van der Waals surface area contributed by atoms with Crippen LogP contribution < -0.4 is 9.47 Å². The number of hydrogen-bond donors (Lipinski definition) is 0. The van der Waals surface area contributed by atoms with Gasteiger partial charge in [0.05, 0.1) is 14.2 Å². The third-order valence-electron chi connectivity index (χ3n) is 3.07. The van der Waals surface area contributed by atoms with E-state index >= 15 is 0 Å². The summed E-state index contributed by atoms with van der Waals surface area (Å²) >= 11 is 6.11. The first-order chi connectivity index (χ1) is 9.80. The predicted octanol–water partition coefficient (Wildman–Crippen LogP) is 4.48. The van der Waals surface area contributed by atoms with Crippen LogP contribution in [0.3, 0.4) is 0 Å². The van der Waals surface area contributed by atoms with Gasteiger partial charge in [0.15, 0.2) is 0 Å². The molecule has 2 nitrogen and oxygen atoms in total. The van der Waals surface area contributed by atoms with E-state index in [0.29, 0.717) is 5.88 Å². The van der Waals surface area contributed by atoms with Gasteiger partial charge in [-0.15, -0.1) is 11.6 Å². The smallest absolute Gasteiger partial charge is 0.126 e. The number of alkyl halides is 1. The van der Waals surface area contributed by atoms with E-state index in [0.717, 1.165) is 28.2 Å². The van der Waals surface area contributed by atoms with Crippen molar-refractivity contribution in [2.75, 3.05) is 20.1 Å². The minimum atomic E-state index is 0.401. The minimum absolute atomic E-state index is 0.401. The standard InChI is InChI=1S/C17H17ClO2/c1-19-16-9-5-3-7-13(16)11-14(12-18)15-8-4-6-10-17(15)20-2/h3-11H,12H2,1-2H3. The largest absolute Gasteiger partial charge is 0.496 e. The molecule has 0 atom stereocenters. The molecule has 3 heteroatoms. The molecule has 2 aromatic rings. The van der Waals surface area contributed by atoms with Gasteiger partial charge in [-0.05, 0) is 23.8 Å². The van der Waals surface area contributed by atoms with Gasteiger partial charge in [-0.3, -0.25) is 0 Å². The van der Waals surface area contributed by atoms with Crippen molar-refractivity contribution in [1.29, 1.82) is 0 Å². The van der Waals surface area contributed by atoms with Gasteiger partial charge in [-0.2, -0.15) is 0 Å². The first kappa shape index (κ1) is 14.5. The van der Waals surface area contributed by atoms with E-state index in [4.69, 9.17) is 21.1 Å². The molecule has 0 bridgehead atoms. The molecule has 0 aliphatic rings. The fraction of sp³-hybridized carbons (Fsp3) is 0.176. The molecule has 0 aliphatic carbocycles.